The van der Waals surface area contributed by atoms with Gasteiger partial charge in [-0.05, 0) is 24.5 Å². The van der Waals surface area contributed by atoms with Crippen LogP contribution >= 0.6 is 32.9 Å². The minimum atomic E-state index is 0. The van der Waals surface area contributed by atoms with Crippen molar-refractivity contribution in [2.24, 2.45) is 0 Å². The van der Waals surface area contributed by atoms with E-state index in [-0.39, 0.29) is 17.0 Å². The van der Waals surface area contributed by atoms with Gasteiger partial charge in [-0.15, -0.1) is 17.0 Å². The second-order valence-electron chi connectivity index (χ2n) is 2.02. The summed E-state index contributed by atoms with van der Waals surface area (Å²) in [4.78, 5) is 4.32. The Kier molecular flexibility index (Phi) is 5.84. The highest BCUT2D eigenvalue weighted by Gasteiger charge is 2.10. The first kappa shape index (κ1) is 9.66. The Morgan fingerprint density at radius 1 is 1.44 bits per heavy atom. The molecule has 1 saturated heterocycles. The van der Waals surface area contributed by atoms with Crippen molar-refractivity contribution in [1.82, 2.24) is 4.90 Å². The molecule has 0 aromatic heterocycles. The number of hydrogen-bond donors (Lipinski definition) is 0. The van der Waals surface area contributed by atoms with E-state index in [4.69, 9.17) is 0 Å². The summed E-state index contributed by atoms with van der Waals surface area (Å²) in [7, 11) is 0. The molecule has 0 aromatic rings. The van der Waals surface area contributed by atoms with Crippen molar-refractivity contribution in [3.8, 4) is 0 Å². The lowest BCUT2D eigenvalue weighted by molar-refractivity contribution is 0.203. The molecule has 1 fully saturated rings. The van der Waals surface area contributed by atoms with Crippen LogP contribution in [-0.4, -0.2) is 24.5 Å². The van der Waals surface area contributed by atoms with Crippen LogP contribution in [-0.2, 0) is 0 Å². The zero-order valence-corrected chi connectivity index (χ0v) is 8.52. The smallest absolute Gasteiger partial charge is 0.0171 e. The molecule has 1 heterocycles. The Morgan fingerprint density at radius 2 is 2.11 bits per heavy atom. The standard InChI is InChI=1S/C6H10BrN.BrH/c7-3-1-4-8-5-2-6-8;/h1,3H,2,4-6H2;1H. The number of nitrogens with zero attached hydrogens (tertiary/aromatic N) is 1. The third kappa shape index (κ3) is 3.38. The van der Waals surface area contributed by atoms with Crippen molar-refractivity contribution < 1.29 is 0 Å². The highest BCUT2D eigenvalue weighted by molar-refractivity contribution is 9.11. The summed E-state index contributed by atoms with van der Waals surface area (Å²) in [5, 5.41) is 0. The van der Waals surface area contributed by atoms with E-state index in [0.29, 0.717) is 0 Å². The molecule has 1 aliphatic rings. The van der Waals surface area contributed by atoms with Crippen LogP contribution in [0.3, 0.4) is 0 Å². The summed E-state index contributed by atoms with van der Waals surface area (Å²) in [6.45, 7) is 3.69. The minimum Gasteiger partial charge on any atom is -0.300 e. The fourth-order valence-electron chi connectivity index (χ4n) is 0.753. The second kappa shape index (κ2) is 5.45. The fraction of sp³-hybridized carbons (Fsp3) is 0.667. The van der Waals surface area contributed by atoms with Crippen molar-refractivity contribution in [3.05, 3.63) is 11.1 Å². The molecule has 0 aliphatic carbocycles. The molecule has 0 spiro atoms. The molecule has 9 heavy (non-hydrogen) atoms. The first-order chi connectivity index (χ1) is 3.93. The van der Waals surface area contributed by atoms with Gasteiger partial charge in [0.25, 0.3) is 0 Å². The van der Waals surface area contributed by atoms with Crippen molar-refractivity contribution in [3.63, 3.8) is 0 Å². The molecule has 1 nitrogen and oxygen atoms in total. The average Bonchev–Trinajstić information content (AvgIpc) is 1.63. The molecule has 0 bridgehead atoms. The van der Waals surface area contributed by atoms with Crippen LogP contribution in [0.1, 0.15) is 6.42 Å². The van der Waals surface area contributed by atoms with E-state index in [9.17, 15) is 0 Å². The third-order valence-corrected chi connectivity index (χ3v) is 1.78. The van der Waals surface area contributed by atoms with Gasteiger partial charge in [0.15, 0.2) is 0 Å². The number of halogens is 2. The highest BCUT2D eigenvalue weighted by atomic mass is 79.9. The second-order valence-corrected chi connectivity index (χ2v) is 2.54. The fourth-order valence-corrected chi connectivity index (χ4v) is 0.920. The molecule has 0 N–H and O–H groups in total. The van der Waals surface area contributed by atoms with E-state index in [1.807, 2.05) is 4.99 Å². The van der Waals surface area contributed by atoms with Crippen LogP contribution in [0.15, 0.2) is 11.1 Å². The highest BCUT2D eigenvalue weighted by Crippen LogP contribution is 2.04. The Hall–Kier alpha value is 0.660. The maximum Gasteiger partial charge on any atom is 0.0171 e. The molecule has 0 unspecified atom stereocenters. The molecule has 0 saturated carbocycles. The van der Waals surface area contributed by atoms with Gasteiger partial charge < -0.3 is 0 Å². The lowest BCUT2D eigenvalue weighted by Gasteiger charge is -2.29. The Bertz CT molecular complexity index is 89.1. The molecule has 0 radical (unpaired) electrons. The molecular weight excluding hydrogens is 246 g/mol. The van der Waals surface area contributed by atoms with Gasteiger partial charge in [-0.25, -0.2) is 0 Å². The first-order valence-corrected chi connectivity index (χ1v) is 3.82. The molecule has 0 amide bonds. The van der Waals surface area contributed by atoms with Gasteiger partial charge in [-0.3, -0.25) is 4.90 Å². The van der Waals surface area contributed by atoms with Crippen LogP contribution in [0, 0.1) is 0 Å². The number of rotatable bonds is 2. The van der Waals surface area contributed by atoms with Crippen molar-refractivity contribution in [2.75, 3.05) is 19.6 Å². The molecular formula is C6H11Br2N. The normalized spacial score (nSPS) is 19.2. The van der Waals surface area contributed by atoms with E-state index >= 15 is 0 Å². The SMILES string of the molecule is Br.BrC=CCN1CCC1. The van der Waals surface area contributed by atoms with E-state index in [2.05, 4.69) is 26.9 Å². The van der Waals surface area contributed by atoms with Gasteiger partial charge in [0.1, 0.15) is 0 Å². The van der Waals surface area contributed by atoms with Gasteiger partial charge in [0.2, 0.25) is 0 Å². The molecule has 1 aliphatic heterocycles. The van der Waals surface area contributed by atoms with Gasteiger partial charge in [0, 0.05) is 6.54 Å². The zero-order chi connectivity index (χ0) is 5.82. The van der Waals surface area contributed by atoms with Crippen LogP contribution in [0.4, 0.5) is 0 Å². The van der Waals surface area contributed by atoms with Gasteiger partial charge >= 0.3 is 0 Å². The molecule has 0 aromatic carbocycles. The maximum absolute atomic E-state index is 3.22. The third-order valence-electron chi connectivity index (χ3n) is 1.40. The largest absolute Gasteiger partial charge is 0.300 e. The average molecular weight is 257 g/mol. The van der Waals surface area contributed by atoms with E-state index in [0.717, 1.165) is 6.54 Å². The maximum atomic E-state index is 3.22. The molecule has 1 rings (SSSR count). The van der Waals surface area contributed by atoms with Crippen LogP contribution in [0.25, 0.3) is 0 Å². The summed E-state index contributed by atoms with van der Waals surface area (Å²) in [5.74, 6) is 0. The summed E-state index contributed by atoms with van der Waals surface area (Å²) in [6.07, 6.45) is 3.51. The summed E-state index contributed by atoms with van der Waals surface area (Å²) < 4.78 is 0. The molecule has 3 heteroatoms. The number of hydrogen-bond acceptors (Lipinski definition) is 1. The summed E-state index contributed by atoms with van der Waals surface area (Å²) >= 11 is 3.22. The lowest BCUT2D eigenvalue weighted by Crippen LogP contribution is -2.36. The van der Waals surface area contributed by atoms with Crippen molar-refractivity contribution in [1.29, 1.82) is 0 Å². The Balaban J connectivity index is 0.000000640. The van der Waals surface area contributed by atoms with Gasteiger partial charge in [-0.2, -0.15) is 0 Å². The van der Waals surface area contributed by atoms with Crippen molar-refractivity contribution in [2.45, 2.75) is 6.42 Å². The van der Waals surface area contributed by atoms with Crippen LogP contribution in [0.5, 0.6) is 0 Å². The van der Waals surface area contributed by atoms with Crippen LogP contribution < -0.4 is 0 Å². The van der Waals surface area contributed by atoms with E-state index in [1.54, 1.807) is 0 Å². The van der Waals surface area contributed by atoms with E-state index < -0.39 is 0 Å². The predicted molar refractivity (Wildman–Crippen MR) is 49.4 cm³/mol. The summed E-state index contributed by atoms with van der Waals surface area (Å²) in [6, 6.07) is 0. The topological polar surface area (TPSA) is 3.24 Å². The first-order valence-electron chi connectivity index (χ1n) is 2.91. The van der Waals surface area contributed by atoms with E-state index in [1.165, 1.54) is 19.5 Å². The Labute approximate surface area is 75.0 Å². The molecule has 0 atom stereocenters. The summed E-state index contributed by atoms with van der Waals surface area (Å²) in [5.41, 5.74) is 0. The number of likely N-dealkylation sites (tertiary alicyclic amines) is 1. The van der Waals surface area contributed by atoms with Crippen LogP contribution in [0.2, 0.25) is 0 Å². The predicted octanol–water partition coefficient (Wildman–Crippen LogP) is 2.18. The molecule has 54 valence electrons. The minimum absolute atomic E-state index is 0. The van der Waals surface area contributed by atoms with Gasteiger partial charge in [-0.1, -0.05) is 22.0 Å². The van der Waals surface area contributed by atoms with Crippen molar-refractivity contribution >= 4 is 32.9 Å². The lowest BCUT2D eigenvalue weighted by atomic mass is 10.2. The Morgan fingerprint density at radius 3 is 2.44 bits per heavy atom. The van der Waals surface area contributed by atoms with Gasteiger partial charge in [0.05, 0.1) is 0 Å². The quantitative estimate of drug-likeness (QED) is 0.732. The monoisotopic (exact) mass is 255 g/mol. The zero-order valence-electron chi connectivity index (χ0n) is 5.22.